The Hall–Kier alpha value is -4.25. The Kier molecular flexibility index (Phi) is 6.98. The number of aromatic nitrogens is 5. The molecule has 1 aliphatic carbocycles. The van der Waals surface area contributed by atoms with Crippen LogP contribution in [-0.4, -0.2) is 46.0 Å². The van der Waals surface area contributed by atoms with Crippen LogP contribution in [0.2, 0.25) is 0 Å². The van der Waals surface area contributed by atoms with E-state index in [-0.39, 0.29) is 22.9 Å². The Balaban J connectivity index is 1.42. The number of pyridine rings is 1. The van der Waals surface area contributed by atoms with Crippen LogP contribution in [0.5, 0.6) is 5.75 Å². The van der Waals surface area contributed by atoms with Crippen LogP contribution in [0.25, 0.3) is 22.4 Å². The molecule has 5 aromatic rings. The summed E-state index contributed by atoms with van der Waals surface area (Å²) < 4.78 is 60.8. The molecule has 3 aromatic heterocycles. The molecule has 0 radical (unpaired) electrons. The van der Waals surface area contributed by atoms with E-state index in [0.29, 0.717) is 30.1 Å². The zero-order chi connectivity index (χ0) is 28.7. The van der Waals surface area contributed by atoms with Crippen LogP contribution < -0.4 is 4.74 Å². The summed E-state index contributed by atoms with van der Waals surface area (Å²) in [7, 11) is -3.46. The van der Waals surface area contributed by atoms with E-state index in [1.165, 1.54) is 18.3 Å². The van der Waals surface area contributed by atoms with Gasteiger partial charge in [0.25, 0.3) is 0 Å². The van der Waals surface area contributed by atoms with Crippen LogP contribution in [0.3, 0.4) is 0 Å². The molecule has 0 spiro atoms. The van der Waals surface area contributed by atoms with Crippen molar-refractivity contribution in [2.24, 2.45) is 0 Å². The summed E-state index contributed by atoms with van der Waals surface area (Å²) >= 11 is 0. The fraction of sp³-hybridized carbons (Fsp3) is 0.267. The van der Waals surface area contributed by atoms with Crippen molar-refractivity contribution >= 4 is 20.7 Å². The van der Waals surface area contributed by atoms with Crippen LogP contribution >= 0.6 is 0 Å². The average Bonchev–Trinajstić information content (AvgIpc) is 3.56. The molecule has 0 saturated heterocycles. The molecule has 11 heteroatoms. The SMILES string of the molecule is CCOc1cc(F)c(Cn2nc(-c3nc4c(c(Cc5ccnc(S(C)(=O)=O)c5)n3)CCC4)c3ccccc32)c(F)c1. The monoisotopic (exact) mass is 575 g/mol. The lowest BCUT2D eigenvalue weighted by Gasteiger charge is -2.11. The summed E-state index contributed by atoms with van der Waals surface area (Å²) in [6.45, 7) is 1.92. The molecular formula is C30H27F2N5O3S. The predicted octanol–water partition coefficient (Wildman–Crippen LogP) is 5.10. The van der Waals surface area contributed by atoms with Gasteiger partial charge in [0, 0.05) is 47.6 Å². The van der Waals surface area contributed by atoms with E-state index >= 15 is 0 Å². The first-order valence-electron chi connectivity index (χ1n) is 13.3. The van der Waals surface area contributed by atoms with Crippen molar-refractivity contribution in [3.8, 4) is 17.3 Å². The normalized spacial score (nSPS) is 13.1. The molecule has 0 bridgehead atoms. The second-order valence-electron chi connectivity index (χ2n) is 10.0. The van der Waals surface area contributed by atoms with Crippen molar-refractivity contribution in [2.45, 2.75) is 44.2 Å². The van der Waals surface area contributed by atoms with Gasteiger partial charge in [0.05, 0.1) is 24.4 Å². The van der Waals surface area contributed by atoms with Gasteiger partial charge in [0.1, 0.15) is 23.1 Å². The van der Waals surface area contributed by atoms with Crippen molar-refractivity contribution in [2.75, 3.05) is 12.9 Å². The molecule has 8 nitrogen and oxygen atoms in total. The highest BCUT2D eigenvalue weighted by molar-refractivity contribution is 7.90. The number of sulfone groups is 1. The number of rotatable bonds is 8. The molecule has 0 saturated carbocycles. The third-order valence-electron chi connectivity index (χ3n) is 7.17. The lowest BCUT2D eigenvalue weighted by Crippen LogP contribution is -2.08. The molecular weight excluding hydrogens is 548 g/mol. The number of hydrogen-bond donors (Lipinski definition) is 0. The van der Waals surface area contributed by atoms with E-state index in [2.05, 4.69) is 4.98 Å². The number of hydrogen-bond acceptors (Lipinski definition) is 7. The molecule has 0 aliphatic heterocycles. The Morgan fingerprint density at radius 1 is 1.02 bits per heavy atom. The zero-order valence-corrected chi connectivity index (χ0v) is 23.4. The largest absolute Gasteiger partial charge is 0.494 e. The Morgan fingerprint density at radius 3 is 2.56 bits per heavy atom. The standard InChI is InChI=1S/C30H27F2N5O3S/c1-3-40-19-15-23(31)22(24(32)16-19)17-37-27-10-5-4-7-21(27)29(36-37)30-34-25-9-6-8-20(25)26(35-30)13-18-11-12-33-28(14-18)41(2,38)39/h4-5,7,10-12,14-16H,3,6,8-9,13,17H2,1-2H3. The first-order valence-corrected chi connectivity index (χ1v) is 15.2. The lowest BCUT2D eigenvalue weighted by atomic mass is 10.1. The second-order valence-corrected chi connectivity index (χ2v) is 12.0. The van der Waals surface area contributed by atoms with E-state index in [9.17, 15) is 17.2 Å². The summed E-state index contributed by atoms with van der Waals surface area (Å²) in [4.78, 5) is 13.8. The van der Waals surface area contributed by atoms with Gasteiger partial charge in [-0.25, -0.2) is 32.2 Å². The fourth-order valence-corrected chi connectivity index (χ4v) is 5.88. The molecule has 210 valence electrons. The van der Waals surface area contributed by atoms with Gasteiger partial charge in [0.2, 0.25) is 0 Å². The molecule has 1 aliphatic rings. The van der Waals surface area contributed by atoms with E-state index < -0.39 is 21.5 Å². The maximum absolute atomic E-state index is 14.9. The van der Waals surface area contributed by atoms with Crippen molar-refractivity contribution in [3.63, 3.8) is 0 Å². The van der Waals surface area contributed by atoms with E-state index in [4.69, 9.17) is 19.8 Å². The minimum absolute atomic E-state index is 0.0133. The summed E-state index contributed by atoms with van der Waals surface area (Å²) in [5.74, 6) is -0.872. The average molecular weight is 576 g/mol. The van der Waals surface area contributed by atoms with Crippen LogP contribution in [0.4, 0.5) is 8.78 Å². The first-order chi connectivity index (χ1) is 19.7. The van der Waals surface area contributed by atoms with Gasteiger partial charge in [-0.1, -0.05) is 18.2 Å². The molecule has 0 amide bonds. The molecule has 0 fully saturated rings. The van der Waals surface area contributed by atoms with Gasteiger partial charge in [-0.2, -0.15) is 5.10 Å². The van der Waals surface area contributed by atoms with Crippen LogP contribution in [0.1, 0.15) is 41.4 Å². The van der Waals surface area contributed by atoms with Gasteiger partial charge >= 0.3 is 0 Å². The van der Waals surface area contributed by atoms with Crippen LogP contribution in [-0.2, 0) is 35.6 Å². The van der Waals surface area contributed by atoms with Gasteiger partial charge < -0.3 is 4.74 Å². The zero-order valence-electron chi connectivity index (χ0n) is 22.6. The number of nitrogens with zero attached hydrogens (tertiary/aromatic N) is 5. The third-order valence-corrected chi connectivity index (χ3v) is 8.16. The Labute approximate surface area is 236 Å². The van der Waals surface area contributed by atoms with Gasteiger partial charge in [-0.3, -0.25) is 4.68 Å². The second kappa shape index (κ2) is 10.6. The highest BCUT2D eigenvalue weighted by atomic mass is 32.2. The number of halogens is 2. The summed E-state index contributed by atoms with van der Waals surface area (Å²) in [5, 5.41) is 5.52. The highest BCUT2D eigenvalue weighted by Gasteiger charge is 2.24. The number of benzene rings is 2. The quantitative estimate of drug-likeness (QED) is 0.254. The van der Waals surface area contributed by atoms with Crippen molar-refractivity contribution in [3.05, 3.63) is 94.4 Å². The van der Waals surface area contributed by atoms with Crippen molar-refractivity contribution in [1.82, 2.24) is 24.7 Å². The maximum Gasteiger partial charge on any atom is 0.192 e. The number of ether oxygens (including phenoxy) is 1. The maximum atomic E-state index is 14.9. The fourth-order valence-electron chi connectivity index (χ4n) is 5.26. The molecule has 0 N–H and O–H groups in total. The summed E-state index contributed by atoms with van der Waals surface area (Å²) in [6.07, 6.45) is 5.60. The van der Waals surface area contributed by atoms with Crippen LogP contribution in [0, 0.1) is 11.6 Å². The smallest absolute Gasteiger partial charge is 0.192 e. The van der Waals surface area contributed by atoms with Crippen molar-refractivity contribution < 1.29 is 21.9 Å². The number of fused-ring (bicyclic) bond motifs is 2. The Bertz CT molecular complexity index is 1880. The Morgan fingerprint density at radius 2 is 1.80 bits per heavy atom. The number of para-hydroxylation sites is 1. The third kappa shape index (κ3) is 5.29. The van der Waals surface area contributed by atoms with Gasteiger partial charge in [0.15, 0.2) is 20.7 Å². The number of aryl methyl sites for hydroxylation is 1. The minimum atomic E-state index is -3.46. The first kappa shape index (κ1) is 26.9. The van der Waals surface area contributed by atoms with Crippen molar-refractivity contribution in [1.29, 1.82) is 0 Å². The van der Waals surface area contributed by atoms with E-state index in [1.54, 1.807) is 23.7 Å². The highest BCUT2D eigenvalue weighted by Crippen LogP contribution is 2.32. The van der Waals surface area contributed by atoms with E-state index in [1.807, 2.05) is 24.3 Å². The molecule has 0 atom stereocenters. The molecule has 41 heavy (non-hydrogen) atoms. The summed E-state index contributed by atoms with van der Waals surface area (Å²) in [6, 6.07) is 13.1. The van der Waals surface area contributed by atoms with Gasteiger partial charge in [-0.05, 0) is 55.5 Å². The predicted molar refractivity (Wildman–Crippen MR) is 150 cm³/mol. The van der Waals surface area contributed by atoms with E-state index in [0.717, 1.165) is 53.4 Å². The minimum Gasteiger partial charge on any atom is -0.494 e. The summed E-state index contributed by atoms with van der Waals surface area (Å²) in [5.41, 5.74) is 4.65. The molecule has 0 unspecified atom stereocenters. The molecule has 6 rings (SSSR count). The molecule has 2 aromatic carbocycles. The molecule has 3 heterocycles. The van der Waals surface area contributed by atoms with Gasteiger partial charge in [-0.15, -0.1) is 0 Å². The topological polar surface area (TPSA) is 99.9 Å². The lowest BCUT2D eigenvalue weighted by molar-refractivity contribution is 0.335. The van der Waals surface area contributed by atoms with Crippen LogP contribution in [0.15, 0.2) is 59.8 Å².